The molecule has 1 N–H and O–H groups in total. The highest BCUT2D eigenvalue weighted by atomic mass is 16.8. The zero-order chi connectivity index (χ0) is 8.53. The second kappa shape index (κ2) is 7.98. The van der Waals surface area contributed by atoms with E-state index in [2.05, 4.69) is 12.4 Å². The molecule has 3 nitrogen and oxygen atoms in total. The van der Waals surface area contributed by atoms with Crippen LogP contribution in [0.1, 0.15) is 33.1 Å². The van der Waals surface area contributed by atoms with Crippen LogP contribution in [0.2, 0.25) is 0 Å². The van der Waals surface area contributed by atoms with Gasteiger partial charge < -0.3 is 4.74 Å². The lowest BCUT2D eigenvalue weighted by molar-refractivity contribution is -0.165. The van der Waals surface area contributed by atoms with Crippen molar-refractivity contribution in [1.29, 1.82) is 0 Å². The van der Waals surface area contributed by atoms with Gasteiger partial charge in [0.1, 0.15) is 0 Å². The highest BCUT2D eigenvalue weighted by Crippen LogP contribution is 1.95. The highest BCUT2D eigenvalue weighted by Gasteiger charge is 2.01. The number of hydroxylamine groups is 1. The summed E-state index contributed by atoms with van der Waals surface area (Å²) in [5, 5.41) is 0. The number of nitrogens with one attached hydrogen (secondary N) is 1. The van der Waals surface area contributed by atoms with E-state index in [0.29, 0.717) is 0 Å². The fourth-order valence-corrected chi connectivity index (χ4v) is 0.699. The van der Waals surface area contributed by atoms with E-state index in [4.69, 9.17) is 9.57 Å². The van der Waals surface area contributed by atoms with Crippen LogP contribution in [0.5, 0.6) is 0 Å². The van der Waals surface area contributed by atoms with Gasteiger partial charge >= 0.3 is 0 Å². The molecule has 0 amide bonds. The van der Waals surface area contributed by atoms with E-state index < -0.39 is 0 Å². The monoisotopic (exact) mass is 161 g/mol. The molecule has 0 aliphatic rings. The number of hydrogen-bond acceptors (Lipinski definition) is 3. The van der Waals surface area contributed by atoms with Gasteiger partial charge in [-0.2, -0.15) is 5.48 Å². The summed E-state index contributed by atoms with van der Waals surface area (Å²) in [6, 6.07) is 0. The second-order valence-corrected chi connectivity index (χ2v) is 2.44. The Morgan fingerprint density at radius 2 is 2.09 bits per heavy atom. The summed E-state index contributed by atoms with van der Waals surface area (Å²) in [6.07, 6.45) is 3.09. The van der Waals surface area contributed by atoms with Gasteiger partial charge in [-0.3, -0.25) is 4.84 Å². The van der Waals surface area contributed by atoms with Gasteiger partial charge in [-0.1, -0.05) is 20.3 Å². The zero-order valence-electron chi connectivity index (χ0n) is 7.72. The molecule has 3 heteroatoms. The maximum Gasteiger partial charge on any atom is 0.176 e. The topological polar surface area (TPSA) is 30.5 Å². The number of methoxy groups -OCH3 is 1. The SMILES string of the molecule is CCCCNOC(CC)OC. The number of unbranched alkanes of at least 4 members (excludes halogenated alkanes) is 1. The Kier molecular flexibility index (Phi) is 7.89. The van der Waals surface area contributed by atoms with Crippen LogP contribution in [-0.4, -0.2) is 19.9 Å². The molecule has 68 valence electrons. The van der Waals surface area contributed by atoms with Crippen molar-refractivity contribution in [3.63, 3.8) is 0 Å². The molecule has 0 fully saturated rings. The average molecular weight is 161 g/mol. The molecule has 0 radical (unpaired) electrons. The van der Waals surface area contributed by atoms with E-state index >= 15 is 0 Å². The normalized spacial score (nSPS) is 13.4. The van der Waals surface area contributed by atoms with Crippen LogP contribution in [-0.2, 0) is 9.57 Å². The fraction of sp³-hybridized carbons (Fsp3) is 1.00. The molecule has 0 saturated carbocycles. The van der Waals surface area contributed by atoms with Gasteiger partial charge in [-0.15, -0.1) is 0 Å². The summed E-state index contributed by atoms with van der Waals surface area (Å²) in [4.78, 5) is 5.17. The van der Waals surface area contributed by atoms with Gasteiger partial charge in [0.2, 0.25) is 0 Å². The first-order chi connectivity index (χ1) is 5.35. The molecule has 0 saturated heterocycles. The molecule has 0 rings (SSSR count). The Labute approximate surface area is 69.0 Å². The first kappa shape index (κ1) is 10.9. The summed E-state index contributed by atoms with van der Waals surface area (Å²) in [6.45, 7) is 5.07. The molecule has 0 bridgehead atoms. The summed E-state index contributed by atoms with van der Waals surface area (Å²) >= 11 is 0. The van der Waals surface area contributed by atoms with E-state index in [1.54, 1.807) is 7.11 Å². The first-order valence-electron chi connectivity index (χ1n) is 4.26. The van der Waals surface area contributed by atoms with Gasteiger partial charge in [0, 0.05) is 13.7 Å². The third kappa shape index (κ3) is 6.28. The van der Waals surface area contributed by atoms with Crippen molar-refractivity contribution < 1.29 is 9.57 Å². The zero-order valence-corrected chi connectivity index (χ0v) is 7.72. The predicted octanol–water partition coefficient (Wildman–Crippen LogP) is 1.69. The molecular weight excluding hydrogens is 142 g/mol. The quantitative estimate of drug-likeness (QED) is 0.350. The lowest BCUT2D eigenvalue weighted by atomic mass is 10.3. The molecular formula is C8H19NO2. The van der Waals surface area contributed by atoms with Crippen molar-refractivity contribution in [1.82, 2.24) is 5.48 Å². The van der Waals surface area contributed by atoms with Gasteiger partial charge in [-0.25, -0.2) is 0 Å². The Balaban J connectivity index is 3.07. The molecule has 0 aromatic carbocycles. The maximum absolute atomic E-state index is 5.17. The van der Waals surface area contributed by atoms with E-state index in [1.807, 2.05) is 6.92 Å². The van der Waals surface area contributed by atoms with Crippen molar-refractivity contribution in [2.75, 3.05) is 13.7 Å². The maximum atomic E-state index is 5.17. The van der Waals surface area contributed by atoms with Crippen LogP contribution in [0.3, 0.4) is 0 Å². The average Bonchev–Trinajstić information content (AvgIpc) is 2.05. The predicted molar refractivity (Wildman–Crippen MR) is 45.1 cm³/mol. The van der Waals surface area contributed by atoms with Crippen LogP contribution in [0.15, 0.2) is 0 Å². The number of rotatable bonds is 7. The van der Waals surface area contributed by atoms with Crippen LogP contribution in [0, 0.1) is 0 Å². The third-order valence-corrected chi connectivity index (χ3v) is 1.44. The third-order valence-electron chi connectivity index (χ3n) is 1.44. The molecule has 0 spiro atoms. The van der Waals surface area contributed by atoms with Crippen molar-refractivity contribution in [2.24, 2.45) is 0 Å². The van der Waals surface area contributed by atoms with E-state index in [0.717, 1.165) is 19.4 Å². The van der Waals surface area contributed by atoms with Gasteiger partial charge in [0.15, 0.2) is 6.29 Å². The minimum Gasteiger partial charge on any atom is -0.354 e. The number of hydrogen-bond donors (Lipinski definition) is 1. The van der Waals surface area contributed by atoms with Crippen molar-refractivity contribution >= 4 is 0 Å². The summed E-state index contributed by atoms with van der Waals surface area (Å²) < 4.78 is 4.99. The van der Waals surface area contributed by atoms with Crippen molar-refractivity contribution in [2.45, 2.75) is 39.4 Å². The van der Waals surface area contributed by atoms with Gasteiger partial charge in [-0.05, 0) is 12.8 Å². The van der Waals surface area contributed by atoms with Gasteiger partial charge in [0.05, 0.1) is 0 Å². The largest absolute Gasteiger partial charge is 0.354 e. The van der Waals surface area contributed by atoms with Crippen molar-refractivity contribution in [3.8, 4) is 0 Å². The molecule has 0 aromatic heterocycles. The molecule has 1 atom stereocenters. The minimum atomic E-state index is -0.105. The molecule has 0 aliphatic carbocycles. The molecule has 0 aromatic rings. The first-order valence-corrected chi connectivity index (χ1v) is 4.26. The summed E-state index contributed by atoms with van der Waals surface area (Å²) in [5.41, 5.74) is 2.86. The Morgan fingerprint density at radius 3 is 2.55 bits per heavy atom. The van der Waals surface area contributed by atoms with Crippen LogP contribution in [0.4, 0.5) is 0 Å². The minimum absolute atomic E-state index is 0.105. The summed E-state index contributed by atoms with van der Waals surface area (Å²) in [7, 11) is 1.65. The Morgan fingerprint density at radius 1 is 1.36 bits per heavy atom. The van der Waals surface area contributed by atoms with Crippen LogP contribution in [0.25, 0.3) is 0 Å². The summed E-state index contributed by atoms with van der Waals surface area (Å²) in [5.74, 6) is 0. The van der Waals surface area contributed by atoms with E-state index in [-0.39, 0.29) is 6.29 Å². The molecule has 1 unspecified atom stereocenters. The molecule has 11 heavy (non-hydrogen) atoms. The van der Waals surface area contributed by atoms with Crippen LogP contribution >= 0.6 is 0 Å². The lowest BCUT2D eigenvalue weighted by Gasteiger charge is -2.13. The Bertz CT molecular complexity index is 74.5. The van der Waals surface area contributed by atoms with E-state index in [1.165, 1.54) is 6.42 Å². The second-order valence-electron chi connectivity index (χ2n) is 2.44. The van der Waals surface area contributed by atoms with Gasteiger partial charge in [0.25, 0.3) is 0 Å². The standard InChI is InChI=1S/C8H19NO2/c1-4-6-7-9-11-8(5-2)10-3/h8-9H,4-7H2,1-3H3. The fourth-order valence-electron chi connectivity index (χ4n) is 0.699. The lowest BCUT2D eigenvalue weighted by Crippen LogP contribution is -2.25. The van der Waals surface area contributed by atoms with Crippen LogP contribution < -0.4 is 5.48 Å². The van der Waals surface area contributed by atoms with E-state index in [9.17, 15) is 0 Å². The highest BCUT2D eigenvalue weighted by molar-refractivity contribution is 4.37. The smallest absolute Gasteiger partial charge is 0.176 e. The van der Waals surface area contributed by atoms with Crippen molar-refractivity contribution in [3.05, 3.63) is 0 Å². The number of ether oxygens (including phenoxy) is 1. The Hall–Kier alpha value is -0.120. The molecule has 0 aliphatic heterocycles. The molecule has 0 heterocycles.